The zero-order valence-electron chi connectivity index (χ0n) is 16.7. The number of hydrogen-bond acceptors (Lipinski definition) is 8. The van der Waals surface area contributed by atoms with Crippen LogP contribution in [-0.2, 0) is 4.74 Å². The molecular weight excluding hydrogens is 420 g/mol. The van der Waals surface area contributed by atoms with E-state index in [2.05, 4.69) is 5.32 Å². The van der Waals surface area contributed by atoms with Gasteiger partial charge in [-0.2, -0.15) is 0 Å². The molecule has 0 saturated carbocycles. The Morgan fingerprint density at radius 3 is 2.44 bits per heavy atom. The van der Waals surface area contributed by atoms with Crippen LogP contribution in [0.1, 0.15) is 10.6 Å². The molecule has 1 aromatic heterocycles. The number of ether oxygens (including phenoxy) is 1. The maximum atomic E-state index is 12.8. The zero-order valence-corrected chi connectivity index (χ0v) is 16.7. The average Bonchev–Trinajstić information content (AvgIpc) is 3.30. The molecule has 0 unspecified atom stereocenters. The van der Waals surface area contributed by atoms with Crippen molar-refractivity contribution >= 4 is 28.7 Å². The lowest BCUT2D eigenvalue weighted by molar-refractivity contribution is -0.384. The fourth-order valence-corrected chi connectivity index (χ4v) is 3.43. The minimum Gasteiger partial charge on any atom is -0.451 e. The van der Waals surface area contributed by atoms with Crippen LogP contribution in [0, 0.1) is 20.2 Å². The molecule has 11 heteroatoms. The second-order valence-corrected chi connectivity index (χ2v) is 6.95. The third-order valence-corrected chi connectivity index (χ3v) is 4.99. The molecule has 2 heterocycles. The van der Waals surface area contributed by atoms with Gasteiger partial charge in [-0.05, 0) is 24.3 Å². The summed E-state index contributed by atoms with van der Waals surface area (Å²) in [5.41, 5.74) is 0.897. The highest BCUT2D eigenvalue weighted by Crippen LogP contribution is 2.33. The number of nitrogens with zero attached hydrogens (tertiary/aromatic N) is 3. The van der Waals surface area contributed by atoms with E-state index in [1.165, 1.54) is 42.5 Å². The predicted molar refractivity (Wildman–Crippen MR) is 115 cm³/mol. The molecule has 0 spiro atoms. The number of nitro groups is 2. The molecular formula is C21H18N4O7. The zero-order chi connectivity index (χ0) is 22.7. The maximum absolute atomic E-state index is 12.8. The van der Waals surface area contributed by atoms with E-state index in [1.54, 1.807) is 12.1 Å². The SMILES string of the molecule is O=C(Nc1ccc([N+](=O)[O-])cc1N1CCOCC1)c1ccc(-c2ccccc2[N+](=O)[O-])o1. The molecule has 2 aromatic carbocycles. The highest BCUT2D eigenvalue weighted by Gasteiger charge is 2.22. The minimum absolute atomic E-state index is 0.0515. The summed E-state index contributed by atoms with van der Waals surface area (Å²) in [6, 6.07) is 13.1. The number of nitrogens with one attached hydrogen (secondary N) is 1. The standard InChI is InChI=1S/C21H18N4O7/c26-21(20-8-7-19(32-20)15-3-1-2-4-17(15)25(29)30)22-16-6-5-14(24(27)28)13-18(16)23-9-11-31-12-10-23/h1-8,13H,9-12H2,(H,22,26). The van der Waals surface area contributed by atoms with Gasteiger partial charge in [0.15, 0.2) is 5.76 Å². The summed E-state index contributed by atoms with van der Waals surface area (Å²) in [6.07, 6.45) is 0. The van der Waals surface area contributed by atoms with E-state index in [1.807, 2.05) is 4.90 Å². The number of anilines is 2. The van der Waals surface area contributed by atoms with Crippen LogP contribution in [0.2, 0.25) is 0 Å². The number of non-ortho nitro benzene ring substituents is 1. The first-order valence-corrected chi connectivity index (χ1v) is 9.70. The second kappa shape index (κ2) is 8.86. The first kappa shape index (κ1) is 21.0. The van der Waals surface area contributed by atoms with Gasteiger partial charge in [0, 0.05) is 31.3 Å². The minimum atomic E-state index is -0.585. The Hall–Kier alpha value is -4.25. The number of para-hydroxylation sites is 1. The largest absolute Gasteiger partial charge is 0.451 e. The first-order valence-electron chi connectivity index (χ1n) is 9.70. The molecule has 1 aliphatic heterocycles. The van der Waals surface area contributed by atoms with Crippen molar-refractivity contribution in [2.24, 2.45) is 0 Å². The van der Waals surface area contributed by atoms with E-state index >= 15 is 0 Å². The van der Waals surface area contributed by atoms with Crippen LogP contribution in [0.4, 0.5) is 22.7 Å². The molecule has 0 atom stereocenters. The quantitative estimate of drug-likeness (QED) is 0.452. The van der Waals surface area contributed by atoms with Gasteiger partial charge in [0.25, 0.3) is 17.3 Å². The van der Waals surface area contributed by atoms with Gasteiger partial charge in [0.05, 0.1) is 40.0 Å². The van der Waals surface area contributed by atoms with Gasteiger partial charge >= 0.3 is 0 Å². The Morgan fingerprint density at radius 2 is 1.72 bits per heavy atom. The second-order valence-electron chi connectivity index (χ2n) is 6.95. The average molecular weight is 438 g/mol. The van der Waals surface area contributed by atoms with Crippen molar-refractivity contribution in [1.82, 2.24) is 0 Å². The molecule has 164 valence electrons. The monoisotopic (exact) mass is 438 g/mol. The summed E-state index contributed by atoms with van der Waals surface area (Å²) in [6.45, 7) is 1.97. The molecule has 3 aromatic rings. The van der Waals surface area contributed by atoms with Crippen molar-refractivity contribution in [2.45, 2.75) is 0 Å². The fraction of sp³-hybridized carbons (Fsp3) is 0.190. The Kier molecular flexibility index (Phi) is 5.81. The number of rotatable bonds is 6. The van der Waals surface area contributed by atoms with Gasteiger partial charge in [0.2, 0.25) is 0 Å². The summed E-state index contributed by atoms with van der Waals surface area (Å²) in [7, 11) is 0. The smallest absolute Gasteiger partial charge is 0.291 e. The summed E-state index contributed by atoms with van der Waals surface area (Å²) in [4.78, 5) is 36.2. The van der Waals surface area contributed by atoms with Crippen LogP contribution in [0.5, 0.6) is 0 Å². The molecule has 1 fully saturated rings. The number of benzene rings is 2. The lowest BCUT2D eigenvalue weighted by Crippen LogP contribution is -2.36. The molecule has 0 aliphatic carbocycles. The van der Waals surface area contributed by atoms with E-state index in [0.29, 0.717) is 37.7 Å². The van der Waals surface area contributed by atoms with Crippen molar-refractivity contribution in [3.8, 4) is 11.3 Å². The lowest BCUT2D eigenvalue weighted by Gasteiger charge is -2.30. The first-order chi connectivity index (χ1) is 15.4. The summed E-state index contributed by atoms with van der Waals surface area (Å²) < 4.78 is 10.9. The number of carbonyl (C=O) groups is 1. The molecule has 1 amide bonds. The summed E-state index contributed by atoms with van der Waals surface area (Å²) in [5, 5.41) is 25.2. The molecule has 0 radical (unpaired) electrons. The summed E-state index contributed by atoms with van der Waals surface area (Å²) >= 11 is 0. The normalized spacial score (nSPS) is 13.6. The number of hydrogen-bond donors (Lipinski definition) is 1. The van der Waals surface area contributed by atoms with Crippen LogP contribution in [0.3, 0.4) is 0 Å². The van der Waals surface area contributed by atoms with E-state index in [-0.39, 0.29) is 28.5 Å². The highest BCUT2D eigenvalue weighted by atomic mass is 16.6. The van der Waals surface area contributed by atoms with Gasteiger partial charge in [-0.15, -0.1) is 0 Å². The maximum Gasteiger partial charge on any atom is 0.291 e. The van der Waals surface area contributed by atoms with Gasteiger partial charge < -0.3 is 19.4 Å². The molecule has 1 aliphatic rings. The van der Waals surface area contributed by atoms with E-state index in [4.69, 9.17) is 9.15 Å². The molecule has 11 nitrogen and oxygen atoms in total. The van der Waals surface area contributed by atoms with Gasteiger partial charge in [-0.3, -0.25) is 25.0 Å². The number of morpholine rings is 1. The molecule has 32 heavy (non-hydrogen) atoms. The Balaban J connectivity index is 1.61. The topological polar surface area (TPSA) is 141 Å². The molecule has 0 bridgehead atoms. The van der Waals surface area contributed by atoms with Crippen LogP contribution in [0.25, 0.3) is 11.3 Å². The Bertz CT molecular complexity index is 1180. The van der Waals surface area contributed by atoms with Gasteiger partial charge in [-0.25, -0.2) is 0 Å². The highest BCUT2D eigenvalue weighted by molar-refractivity contribution is 6.04. The van der Waals surface area contributed by atoms with Gasteiger partial charge in [0.1, 0.15) is 5.76 Å². The lowest BCUT2D eigenvalue weighted by atomic mass is 10.1. The predicted octanol–water partition coefficient (Wildman–Crippen LogP) is 3.85. The third kappa shape index (κ3) is 4.27. The number of furan rings is 1. The van der Waals surface area contributed by atoms with Crippen molar-refractivity contribution < 1.29 is 23.8 Å². The van der Waals surface area contributed by atoms with Crippen molar-refractivity contribution in [3.63, 3.8) is 0 Å². The van der Waals surface area contributed by atoms with Crippen LogP contribution < -0.4 is 10.2 Å². The van der Waals surface area contributed by atoms with Crippen LogP contribution in [-0.4, -0.2) is 42.1 Å². The fourth-order valence-electron chi connectivity index (χ4n) is 3.43. The molecule has 1 saturated heterocycles. The van der Waals surface area contributed by atoms with Crippen molar-refractivity contribution in [1.29, 1.82) is 0 Å². The van der Waals surface area contributed by atoms with Crippen molar-refractivity contribution in [3.05, 3.63) is 80.6 Å². The van der Waals surface area contributed by atoms with Crippen LogP contribution in [0.15, 0.2) is 59.0 Å². The number of carbonyl (C=O) groups excluding carboxylic acids is 1. The van der Waals surface area contributed by atoms with Crippen LogP contribution >= 0.6 is 0 Å². The Morgan fingerprint density at radius 1 is 0.969 bits per heavy atom. The summed E-state index contributed by atoms with van der Waals surface area (Å²) in [5.74, 6) is -0.456. The number of amides is 1. The number of nitro benzene ring substituents is 2. The van der Waals surface area contributed by atoms with Gasteiger partial charge in [-0.1, -0.05) is 12.1 Å². The van der Waals surface area contributed by atoms with E-state index in [9.17, 15) is 25.0 Å². The molecule has 4 rings (SSSR count). The Labute approximate surface area is 181 Å². The molecule has 1 N–H and O–H groups in total. The van der Waals surface area contributed by atoms with E-state index < -0.39 is 15.8 Å². The van der Waals surface area contributed by atoms with Crippen molar-refractivity contribution in [2.75, 3.05) is 36.5 Å². The van der Waals surface area contributed by atoms with E-state index in [0.717, 1.165) is 0 Å². The third-order valence-electron chi connectivity index (χ3n) is 4.99.